The minimum atomic E-state index is -4.87. The molecule has 0 fully saturated rings. The quantitative estimate of drug-likeness (QED) is 0.250. The molecule has 0 bridgehead atoms. The third kappa shape index (κ3) is 5.48. The van der Waals surface area contributed by atoms with Gasteiger partial charge in [-0.3, -0.25) is 24.1 Å². The van der Waals surface area contributed by atoms with E-state index in [1.807, 2.05) is 0 Å². The van der Waals surface area contributed by atoms with E-state index in [4.69, 9.17) is 23.2 Å². The van der Waals surface area contributed by atoms with Gasteiger partial charge in [0.05, 0.1) is 22.4 Å². The van der Waals surface area contributed by atoms with Gasteiger partial charge in [0.25, 0.3) is 17.7 Å². The maximum atomic E-state index is 13.7. The summed E-state index contributed by atoms with van der Waals surface area (Å²) in [4.78, 5) is 56.5. The molecule has 2 aromatic carbocycles. The second-order valence-corrected chi connectivity index (χ2v) is 8.67. The molecule has 1 aliphatic rings. The zero-order valence-corrected chi connectivity index (χ0v) is 20.8. The fourth-order valence-electron chi connectivity index (χ4n) is 3.85. The lowest BCUT2D eigenvalue weighted by atomic mass is 10.1. The van der Waals surface area contributed by atoms with E-state index >= 15 is 0 Å². The molecule has 0 unspecified atom stereocenters. The highest BCUT2D eigenvalue weighted by Crippen LogP contribution is 2.34. The predicted octanol–water partition coefficient (Wildman–Crippen LogP) is 4.87. The van der Waals surface area contributed by atoms with E-state index in [1.165, 1.54) is 30.5 Å². The standard InChI is InChI=1S/C25H17Cl2F3N4O4/c26-13-20(35)33(8-9-34-23(37)17-4-1-2-5-18(17)24(34)38)16-11-14(10-15(12-16)25(28,29)30)22(36)32-19-6-3-7-31-21(19)27/h1-7,10-12H,8-9,13H2,(H,32,36). The van der Waals surface area contributed by atoms with Crippen LogP contribution in [0.4, 0.5) is 24.5 Å². The maximum absolute atomic E-state index is 13.7. The lowest BCUT2D eigenvalue weighted by Gasteiger charge is -2.26. The molecular weight excluding hydrogens is 548 g/mol. The molecule has 8 nitrogen and oxygen atoms in total. The van der Waals surface area contributed by atoms with Crippen LogP contribution in [0.2, 0.25) is 5.15 Å². The van der Waals surface area contributed by atoms with E-state index < -0.39 is 46.8 Å². The first-order valence-electron chi connectivity index (χ1n) is 11.0. The lowest BCUT2D eigenvalue weighted by Crippen LogP contribution is -2.41. The first-order valence-corrected chi connectivity index (χ1v) is 11.9. The van der Waals surface area contributed by atoms with Crippen LogP contribution < -0.4 is 10.2 Å². The van der Waals surface area contributed by atoms with Gasteiger partial charge >= 0.3 is 6.18 Å². The minimum absolute atomic E-state index is 0.0671. The number of hydrogen-bond acceptors (Lipinski definition) is 5. The van der Waals surface area contributed by atoms with Crippen molar-refractivity contribution in [3.63, 3.8) is 0 Å². The van der Waals surface area contributed by atoms with Crippen LogP contribution in [0, 0.1) is 0 Å². The highest BCUT2D eigenvalue weighted by Gasteiger charge is 2.36. The number of hydrogen-bond donors (Lipinski definition) is 1. The number of alkyl halides is 4. The third-order valence-electron chi connectivity index (χ3n) is 5.67. The molecule has 0 aliphatic carbocycles. The number of aromatic nitrogens is 1. The number of nitrogens with zero attached hydrogens (tertiary/aromatic N) is 3. The van der Waals surface area contributed by atoms with Gasteiger partial charge in [0.15, 0.2) is 5.15 Å². The van der Waals surface area contributed by atoms with Gasteiger partial charge in [-0.15, -0.1) is 11.6 Å². The van der Waals surface area contributed by atoms with Crippen LogP contribution in [-0.4, -0.2) is 52.5 Å². The van der Waals surface area contributed by atoms with Gasteiger partial charge in [-0.25, -0.2) is 4.98 Å². The van der Waals surface area contributed by atoms with Crippen molar-refractivity contribution >= 4 is 58.2 Å². The summed E-state index contributed by atoms with van der Waals surface area (Å²) in [5, 5.41) is 2.31. The van der Waals surface area contributed by atoms with Gasteiger partial charge in [0, 0.05) is 30.5 Å². The summed E-state index contributed by atoms with van der Waals surface area (Å²) in [6.07, 6.45) is -3.50. The van der Waals surface area contributed by atoms with Crippen LogP contribution in [0.25, 0.3) is 0 Å². The van der Waals surface area contributed by atoms with Crippen LogP contribution in [0.3, 0.4) is 0 Å². The highest BCUT2D eigenvalue weighted by molar-refractivity contribution is 6.32. The zero-order valence-electron chi connectivity index (χ0n) is 19.3. The summed E-state index contributed by atoms with van der Waals surface area (Å²) >= 11 is 11.6. The van der Waals surface area contributed by atoms with Crippen LogP contribution in [0.5, 0.6) is 0 Å². The van der Waals surface area contributed by atoms with Gasteiger partial charge in [-0.2, -0.15) is 13.2 Å². The van der Waals surface area contributed by atoms with Gasteiger partial charge in [0.2, 0.25) is 5.91 Å². The van der Waals surface area contributed by atoms with Crippen LogP contribution in [0.15, 0.2) is 60.8 Å². The van der Waals surface area contributed by atoms with E-state index in [0.717, 1.165) is 15.9 Å². The van der Waals surface area contributed by atoms with Crippen molar-refractivity contribution in [2.24, 2.45) is 0 Å². The molecule has 0 saturated carbocycles. The van der Waals surface area contributed by atoms with Crippen molar-refractivity contribution in [3.05, 3.63) is 88.2 Å². The molecule has 13 heteroatoms. The molecule has 1 aliphatic heterocycles. The van der Waals surface area contributed by atoms with Crippen LogP contribution >= 0.6 is 23.2 Å². The maximum Gasteiger partial charge on any atom is 0.416 e. The lowest BCUT2D eigenvalue weighted by molar-refractivity contribution is -0.137. The minimum Gasteiger partial charge on any atom is -0.319 e. The Morgan fingerprint density at radius 1 is 1.00 bits per heavy atom. The Labute approximate surface area is 223 Å². The average Bonchev–Trinajstić information content (AvgIpc) is 3.14. The summed E-state index contributed by atoms with van der Waals surface area (Å²) in [6.45, 7) is -0.689. The number of rotatable bonds is 7. The van der Waals surface area contributed by atoms with Crippen LogP contribution in [0.1, 0.15) is 36.6 Å². The predicted molar refractivity (Wildman–Crippen MR) is 134 cm³/mol. The Kier molecular flexibility index (Phi) is 7.70. The summed E-state index contributed by atoms with van der Waals surface area (Å²) in [6, 6.07) is 11.4. The summed E-state index contributed by atoms with van der Waals surface area (Å²) in [5.41, 5.74) is -1.50. The number of benzene rings is 2. The van der Waals surface area contributed by atoms with Crippen molar-refractivity contribution in [1.29, 1.82) is 0 Å². The molecule has 2 heterocycles. The van der Waals surface area contributed by atoms with Crippen molar-refractivity contribution in [2.75, 3.05) is 29.2 Å². The number of carbonyl (C=O) groups excluding carboxylic acids is 4. The molecule has 196 valence electrons. The normalized spacial score (nSPS) is 12.9. The number of pyridine rings is 1. The first kappa shape index (κ1) is 27.1. The summed E-state index contributed by atoms with van der Waals surface area (Å²) in [7, 11) is 0. The molecule has 0 saturated heterocycles. The van der Waals surface area contributed by atoms with Crippen molar-refractivity contribution in [2.45, 2.75) is 6.18 Å². The second kappa shape index (κ2) is 10.8. The van der Waals surface area contributed by atoms with Gasteiger partial charge in [-0.05, 0) is 42.5 Å². The van der Waals surface area contributed by atoms with Crippen molar-refractivity contribution in [3.8, 4) is 0 Å². The highest BCUT2D eigenvalue weighted by atomic mass is 35.5. The average molecular weight is 565 g/mol. The third-order valence-corrected chi connectivity index (χ3v) is 6.20. The Hall–Kier alpha value is -3.96. The summed E-state index contributed by atoms with van der Waals surface area (Å²) < 4.78 is 41.2. The molecule has 38 heavy (non-hydrogen) atoms. The molecule has 0 spiro atoms. The van der Waals surface area contributed by atoms with E-state index in [0.29, 0.717) is 12.1 Å². The van der Waals surface area contributed by atoms with Gasteiger partial charge in [0.1, 0.15) is 5.88 Å². The Morgan fingerprint density at radius 2 is 1.66 bits per heavy atom. The number of nitrogens with one attached hydrogen (secondary N) is 1. The van der Waals surface area contributed by atoms with Gasteiger partial charge < -0.3 is 10.2 Å². The fraction of sp³-hybridized carbons (Fsp3) is 0.160. The molecule has 0 radical (unpaired) electrons. The second-order valence-electron chi connectivity index (χ2n) is 8.05. The first-order chi connectivity index (χ1) is 18.0. The topological polar surface area (TPSA) is 99.7 Å². The monoisotopic (exact) mass is 564 g/mol. The number of anilines is 2. The molecule has 1 aromatic heterocycles. The largest absolute Gasteiger partial charge is 0.416 e. The molecule has 1 N–H and O–H groups in total. The van der Waals surface area contributed by atoms with E-state index in [-0.39, 0.29) is 40.7 Å². The molecule has 0 atom stereocenters. The fourth-order valence-corrected chi connectivity index (χ4v) is 4.16. The number of imide groups is 1. The van der Waals surface area contributed by atoms with Crippen molar-refractivity contribution in [1.82, 2.24) is 9.88 Å². The SMILES string of the molecule is O=C(Nc1cccnc1Cl)c1cc(N(CCN2C(=O)c3ccccc3C2=O)C(=O)CCl)cc(C(F)(F)F)c1. The number of halogens is 5. The van der Waals surface area contributed by atoms with E-state index in [2.05, 4.69) is 10.3 Å². The van der Waals surface area contributed by atoms with E-state index in [9.17, 15) is 32.3 Å². The number of carbonyl (C=O) groups is 4. The smallest absolute Gasteiger partial charge is 0.319 e. The molecule has 4 amide bonds. The van der Waals surface area contributed by atoms with Crippen molar-refractivity contribution < 1.29 is 32.3 Å². The Bertz CT molecular complexity index is 1410. The van der Waals surface area contributed by atoms with Gasteiger partial charge in [-0.1, -0.05) is 23.7 Å². The van der Waals surface area contributed by atoms with Crippen LogP contribution in [-0.2, 0) is 11.0 Å². The molecular formula is C25H17Cl2F3N4O4. The van der Waals surface area contributed by atoms with E-state index in [1.54, 1.807) is 12.1 Å². The zero-order chi connectivity index (χ0) is 27.6. The number of fused-ring (bicyclic) bond motifs is 1. The number of amides is 4. The molecule has 3 aromatic rings. The summed E-state index contributed by atoms with van der Waals surface area (Å²) in [5.74, 6) is -3.54. The Balaban J connectivity index is 1.66. The Morgan fingerprint density at radius 3 is 2.24 bits per heavy atom. The molecule has 4 rings (SSSR count).